The molecule has 0 saturated carbocycles. The van der Waals surface area contributed by atoms with Crippen LogP contribution in [0.25, 0.3) is 0 Å². The highest BCUT2D eigenvalue weighted by molar-refractivity contribution is 5.87. The predicted octanol–water partition coefficient (Wildman–Crippen LogP) is 1.86. The first-order valence-electron chi connectivity index (χ1n) is 6.45. The summed E-state index contributed by atoms with van der Waals surface area (Å²) in [5.41, 5.74) is -1.45. The van der Waals surface area contributed by atoms with Gasteiger partial charge >= 0.3 is 5.97 Å². The van der Waals surface area contributed by atoms with Crippen LogP contribution in [0.4, 0.5) is 4.39 Å². The van der Waals surface area contributed by atoms with Crippen LogP contribution in [0.1, 0.15) is 17.3 Å². The first-order valence-corrected chi connectivity index (χ1v) is 6.45. The lowest BCUT2D eigenvalue weighted by Gasteiger charge is -2.17. The molecule has 7 heteroatoms. The van der Waals surface area contributed by atoms with Crippen molar-refractivity contribution < 1.29 is 24.1 Å². The van der Waals surface area contributed by atoms with E-state index in [0.717, 1.165) is 12.4 Å². The van der Waals surface area contributed by atoms with Crippen molar-refractivity contribution in [3.63, 3.8) is 0 Å². The lowest BCUT2D eigenvalue weighted by molar-refractivity contribution is 0.0693. The fourth-order valence-electron chi connectivity index (χ4n) is 1.95. The Kier molecular flexibility index (Phi) is 4.45. The molecule has 0 aliphatic carbocycles. The minimum absolute atomic E-state index is 0.200. The minimum atomic E-state index is -1.42. The summed E-state index contributed by atoms with van der Waals surface area (Å²) < 4.78 is 19.7. The topological polar surface area (TPSA) is 88.8 Å². The Hall–Kier alpha value is -2.83. The smallest absolute Gasteiger partial charge is 0.341 e. The second-order valence-corrected chi connectivity index (χ2v) is 4.77. The summed E-state index contributed by atoms with van der Waals surface area (Å²) in [6.07, 6.45) is 1.88. The van der Waals surface area contributed by atoms with Crippen LogP contribution >= 0.6 is 0 Å². The fraction of sp³-hybridized carbons (Fsp3) is 0.200. The van der Waals surface area contributed by atoms with Crippen molar-refractivity contribution >= 4 is 5.97 Å². The van der Waals surface area contributed by atoms with Gasteiger partial charge in [0, 0.05) is 12.4 Å². The second-order valence-electron chi connectivity index (χ2n) is 4.77. The number of carboxylic acids is 1. The molecular weight excluding hydrogens is 293 g/mol. The van der Waals surface area contributed by atoms with E-state index in [-0.39, 0.29) is 12.4 Å². The number of benzene rings is 1. The third-order valence-corrected chi connectivity index (χ3v) is 2.91. The molecule has 2 rings (SSSR count). The number of hydrogen-bond acceptors (Lipinski definition) is 4. The number of carboxylic acid groups (broad SMARTS) is 1. The van der Waals surface area contributed by atoms with Gasteiger partial charge in [0.2, 0.25) is 5.43 Å². The van der Waals surface area contributed by atoms with E-state index in [1.807, 2.05) is 0 Å². The van der Waals surface area contributed by atoms with Crippen LogP contribution in [0.5, 0.6) is 11.5 Å². The number of rotatable bonds is 5. The number of ether oxygens (including phenoxy) is 1. The number of halogens is 1. The van der Waals surface area contributed by atoms with Crippen molar-refractivity contribution in [2.75, 3.05) is 0 Å². The number of aromatic hydroxyl groups is 1. The zero-order valence-corrected chi connectivity index (χ0v) is 11.7. The first kappa shape index (κ1) is 15.6. The van der Waals surface area contributed by atoms with Crippen LogP contribution in [0, 0.1) is 5.82 Å². The van der Waals surface area contributed by atoms with Gasteiger partial charge in [0.25, 0.3) is 0 Å². The molecule has 2 N–H and O–H groups in total. The third-order valence-electron chi connectivity index (χ3n) is 2.91. The molecule has 0 saturated heterocycles. The summed E-state index contributed by atoms with van der Waals surface area (Å²) in [4.78, 5) is 22.4. The van der Waals surface area contributed by atoms with E-state index in [0.29, 0.717) is 5.75 Å². The second kappa shape index (κ2) is 6.30. The van der Waals surface area contributed by atoms with Crippen LogP contribution < -0.4 is 10.2 Å². The summed E-state index contributed by atoms with van der Waals surface area (Å²) in [6.45, 7) is 1.92. The van der Waals surface area contributed by atoms with Gasteiger partial charge in [0.15, 0.2) is 5.75 Å². The number of aromatic carboxylic acids is 1. The molecule has 0 radical (unpaired) electrons. The Labute approximate surface area is 125 Å². The summed E-state index contributed by atoms with van der Waals surface area (Å²) in [6, 6.07) is 5.46. The predicted molar refractivity (Wildman–Crippen MR) is 75.8 cm³/mol. The van der Waals surface area contributed by atoms with Crippen LogP contribution in [0.15, 0.2) is 41.5 Å². The van der Waals surface area contributed by atoms with Crippen molar-refractivity contribution in [1.29, 1.82) is 0 Å². The van der Waals surface area contributed by atoms with Gasteiger partial charge in [-0.3, -0.25) is 4.79 Å². The Balaban J connectivity index is 2.14. The van der Waals surface area contributed by atoms with Crippen molar-refractivity contribution in [3.8, 4) is 11.5 Å². The number of carbonyl (C=O) groups is 1. The van der Waals surface area contributed by atoms with Gasteiger partial charge in [-0.25, -0.2) is 9.18 Å². The molecule has 116 valence electrons. The average Bonchev–Trinajstić information content (AvgIpc) is 2.44. The third kappa shape index (κ3) is 3.63. The maximum Gasteiger partial charge on any atom is 0.341 e. The fourth-order valence-corrected chi connectivity index (χ4v) is 1.95. The molecule has 22 heavy (non-hydrogen) atoms. The Bertz CT molecular complexity index is 739. The number of hydrogen-bond donors (Lipinski definition) is 2. The lowest BCUT2D eigenvalue weighted by atomic mass is 10.2. The van der Waals surface area contributed by atoms with Crippen LogP contribution in [-0.4, -0.2) is 26.9 Å². The van der Waals surface area contributed by atoms with Crippen molar-refractivity contribution in [1.82, 2.24) is 4.57 Å². The molecule has 0 bridgehead atoms. The van der Waals surface area contributed by atoms with E-state index >= 15 is 0 Å². The van der Waals surface area contributed by atoms with Crippen LogP contribution in [0.2, 0.25) is 0 Å². The Morgan fingerprint density at radius 3 is 2.55 bits per heavy atom. The van der Waals surface area contributed by atoms with E-state index in [1.165, 1.54) is 28.8 Å². The SMILES string of the molecule is CC(Cn1cc(O)c(=O)c(C(=O)O)c1)Oc1ccc(F)cc1. The maximum atomic E-state index is 12.8. The highest BCUT2D eigenvalue weighted by atomic mass is 19.1. The van der Waals surface area contributed by atoms with Crippen LogP contribution in [-0.2, 0) is 6.54 Å². The maximum absolute atomic E-state index is 12.8. The van der Waals surface area contributed by atoms with E-state index in [2.05, 4.69) is 0 Å². The molecule has 1 aromatic heterocycles. The number of nitrogens with zero attached hydrogens (tertiary/aromatic N) is 1. The largest absolute Gasteiger partial charge is 0.503 e. The van der Waals surface area contributed by atoms with Gasteiger partial charge in [-0.15, -0.1) is 0 Å². The molecular formula is C15H14FNO5. The van der Waals surface area contributed by atoms with Crippen molar-refractivity contribution in [2.24, 2.45) is 0 Å². The molecule has 6 nitrogen and oxygen atoms in total. The van der Waals surface area contributed by atoms with Gasteiger partial charge in [-0.2, -0.15) is 0 Å². The van der Waals surface area contributed by atoms with Gasteiger partial charge in [-0.05, 0) is 31.2 Å². The Morgan fingerprint density at radius 2 is 1.95 bits per heavy atom. The molecule has 2 aromatic rings. The van der Waals surface area contributed by atoms with E-state index in [1.54, 1.807) is 6.92 Å². The van der Waals surface area contributed by atoms with Crippen LogP contribution in [0.3, 0.4) is 0 Å². The minimum Gasteiger partial charge on any atom is -0.503 e. The van der Waals surface area contributed by atoms with Gasteiger partial charge < -0.3 is 19.5 Å². The summed E-state index contributed by atoms with van der Waals surface area (Å²) >= 11 is 0. The quantitative estimate of drug-likeness (QED) is 0.880. The summed E-state index contributed by atoms with van der Waals surface area (Å²) in [7, 11) is 0. The molecule has 1 aromatic carbocycles. The molecule has 0 aliphatic rings. The van der Waals surface area contributed by atoms with Gasteiger partial charge in [-0.1, -0.05) is 0 Å². The number of aromatic nitrogens is 1. The molecule has 0 fully saturated rings. The summed E-state index contributed by atoms with van der Waals surface area (Å²) in [5.74, 6) is -1.98. The molecule has 0 amide bonds. The normalized spacial score (nSPS) is 11.9. The monoisotopic (exact) mass is 307 g/mol. The molecule has 1 heterocycles. The van der Waals surface area contributed by atoms with E-state index < -0.39 is 28.8 Å². The highest BCUT2D eigenvalue weighted by Gasteiger charge is 2.14. The van der Waals surface area contributed by atoms with Gasteiger partial charge in [0.1, 0.15) is 23.2 Å². The van der Waals surface area contributed by atoms with E-state index in [9.17, 15) is 19.1 Å². The zero-order valence-electron chi connectivity index (χ0n) is 11.7. The van der Waals surface area contributed by atoms with E-state index in [4.69, 9.17) is 9.84 Å². The standard InChI is InChI=1S/C15H14FNO5/c1-9(22-11-4-2-10(16)3-5-11)6-17-7-12(15(20)21)14(19)13(18)8-17/h2-5,7-9,18H,6H2,1H3,(H,20,21). The highest BCUT2D eigenvalue weighted by Crippen LogP contribution is 2.14. The molecule has 1 atom stereocenters. The Morgan fingerprint density at radius 1 is 1.32 bits per heavy atom. The number of pyridine rings is 1. The molecule has 0 aliphatic heterocycles. The average molecular weight is 307 g/mol. The molecule has 1 unspecified atom stereocenters. The van der Waals surface area contributed by atoms with Gasteiger partial charge in [0.05, 0.1) is 6.54 Å². The van der Waals surface area contributed by atoms with Crippen molar-refractivity contribution in [2.45, 2.75) is 19.6 Å². The first-order chi connectivity index (χ1) is 10.4. The summed E-state index contributed by atoms with van der Waals surface area (Å²) in [5, 5.41) is 18.4. The van der Waals surface area contributed by atoms with Crippen molar-refractivity contribution in [3.05, 3.63) is 58.3 Å². The molecule has 0 spiro atoms. The lowest BCUT2D eigenvalue weighted by Crippen LogP contribution is -2.23. The zero-order chi connectivity index (χ0) is 16.3.